The largest absolute Gasteiger partial charge is 0.395 e. The summed E-state index contributed by atoms with van der Waals surface area (Å²) < 4.78 is 7.23. The van der Waals surface area contributed by atoms with Gasteiger partial charge >= 0.3 is 0 Å². The Balaban J connectivity index is 2.33. The van der Waals surface area contributed by atoms with E-state index < -0.39 is 0 Å². The lowest BCUT2D eigenvalue weighted by Gasteiger charge is -2.36. The van der Waals surface area contributed by atoms with Crippen LogP contribution in [0.2, 0.25) is 0 Å². The van der Waals surface area contributed by atoms with Crippen LogP contribution in [0.25, 0.3) is 0 Å². The van der Waals surface area contributed by atoms with Gasteiger partial charge in [-0.1, -0.05) is 0 Å². The Morgan fingerprint density at radius 2 is 2.21 bits per heavy atom. The van der Waals surface area contributed by atoms with Gasteiger partial charge in [0.15, 0.2) is 0 Å². The van der Waals surface area contributed by atoms with E-state index in [1.54, 1.807) is 4.68 Å². The molecule has 2 rings (SSSR count). The SMILES string of the molecule is CCn1nc(C)c(N)c1C(=O)N1CC(C)OCC1C. The van der Waals surface area contributed by atoms with Gasteiger partial charge in [0.25, 0.3) is 5.91 Å². The first-order chi connectivity index (χ1) is 8.95. The number of aryl methyl sites for hydroxylation is 2. The van der Waals surface area contributed by atoms with Crippen molar-refractivity contribution in [2.24, 2.45) is 0 Å². The zero-order chi connectivity index (χ0) is 14.2. The van der Waals surface area contributed by atoms with Crippen LogP contribution < -0.4 is 5.73 Å². The second kappa shape index (κ2) is 5.21. The van der Waals surface area contributed by atoms with Crippen molar-refractivity contribution in [3.8, 4) is 0 Å². The summed E-state index contributed by atoms with van der Waals surface area (Å²) in [4.78, 5) is 14.5. The second-order valence-electron chi connectivity index (χ2n) is 5.11. The van der Waals surface area contributed by atoms with Gasteiger partial charge in [-0.2, -0.15) is 5.10 Å². The maximum Gasteiger partial charge on any atom is 0.274 e. The van der Waals surface area contributed by atoms with Crippen molar-refractivity contribution in [2.75, 3.05) is 18.9 Å². The molecule has 6 heteroatoms. The fourth-order valence-corrected chi connectivity index (χ4v) is 2.37. The molecule has 1 aliphatic rings. The van der Waals surface area contributed by atoms with Gasteiger partial charge in [0, 0.05) is 13.1 Å². The molecule has 0 aromatic carbocycles. The number of carbonyl (C=O) groups excluding carboxylic acids is 1. The number of ether oxygens (including phenoxy) is 1. The summed E-state index contributed by atoms with van der Waals surface area (Å²) in [5.41, 5.74) is 7.70. The Kier molecular flexibility index (Phi) is 3.80. The first kappa shape index (κ1) is 13.9. The van der Waals surface area contributed by atoms with Gasteiger partial charge in [0.05, 0.1) is 30.1 Å². The number of carbonyl (C=O) groups is 1. The van der Waals surface area contributed by atoms with E-state index in [9.17, 15) is 4.79 Å². The lowest BCUT2D eigenvalue weighted by Crippen LogP contribution is -2.50. The van der Waals surface area contributed by atoms with Crippen molar-refractivity contribution in [1.29, 1.82) is 0 Å². The smallest absolute Gasteiger partial charge is 0.274 e. The molecule has 1 fully saturated rings. The molecule has 1 amide bonds. The Bertz CT molecular complexity index is 483. The summed E-state index contributed by atoms with van der Waals surface area (Å²) in [5.74, 6) is -0.0531. The maximum absolute atomic E-state index is 12.7. The standard InChI is InChI=1S/C13H22N4O2/c1-5-17-12(11(14)10(4)15-17)13(18)16-6-9(3)19-7-8(16)2/h8-9H,5-7,14H2,1-4H3. The number of nitrogens with two attached hydrogens (primary N) is 1. The molecule has 0 aliphatic carbocycles. The minimum Gasteiger partial charge on any atom is -0.395 e. The Morgan fingerprint density at radius 1 is 1.53 bits per heavy atom. The van der Waals surface area contributed by atoms with Crippen molar-refractivity contribution in [1.82, 2.24) is 14.7 Å². The predicted octanol–water partition coefficient (Wildman–Crippen LogP) is 1.04. The van der Waals surface area contributed by atoms with Crippen molar-refractivity contribution < 1.29 is 9.53 Å². The number of aromatic nitrogens is 2. The number of anilines is 1. The Hall–Kier alpha value is -1.56. The van der Waals surface area contributed by atoms with Crippen molar-refractivity contribution >= 4 is 11.6 Å². The molecule has 0 bridgehead atoms. The fourth-order valence-electron chi connectivity index (χ4n) is 2.37. The molecule has 2 unspecified atom stereocenters. The van der Waals surface area contributed by atoms with Gasteiger partial charge in [-0.15, -0.1) is 0 Å². The quantitative estimate of drug-likeness (QED) is 0.868. The van der Waals surface area contributed by atoms with Crippen LogP contribution >= 0.6 is 0 Å². The molecule has 2 heterocycles. The lowest BCUT2D eigenvalue weighted by molar-refractivity contribution is -0.0390. The number of amides is 1. The zero-order valence-corrected chi connectivity index (χ0v) is 12.0. The molecule has 1 aromatic rings. The molecule has 106 valence electrons. The number of nitrogens with zero attached hydrogens (tertiary/aromatic N) is 3. The van der Waals surface area contributed by atoms with Crippen LogP contribution in [-0.4, -0.2) is 45.9 Å². The Morgan fingerprint density at radius 3 is 2.84 bits per heavy atom. The molecule has 1 saturated heterocycles. The molecule has 6 nitrogen and oxygen atoms in total. The topological polar surface area (TPSA) is 73.4 Å². The maximum atomic E-state index is 12.7. The van der Waals surface area contributed by atoms with E-state index in [4.69, 9.17) is 10.5 Å². The van der Waals surface area contributed by atoms with Crippen LogP contribution in [0.1, 0.15) is 37.0 Å². The van der Waals surface area contributed by atoms with Gasteiger partial charge in [-0.3, -0.25) is 9.48 Å². The summed E-state index contributed by atoms with van der Waals surface area (Å²) in [7, 11) is 0. The lowest BCUT2D eigenvalue weighted by atomic mass is 10.1. The number of hydrogen-bond donors (Lipinski definition) is 1. The molecular weight excluding hydrogens is 244 g/mol. The second-order valence-corrected chi connectivity index (χ2v) is 5.11. The summed E-state index contributed by atoms with van der Waals surface area (Å²) >= 11 is 0. The Labute approximate surface area is 113 Å². The minimum atomic E-state index is -0.0531. The van der Waals surface area contributed by atoms with E-state index in [0.717, 1.165) is 0 Å². The predicted molar refractivity (Wildman–Crippen MR) is 73.0 cm³/mol. The summed E-state index contributed by atoms with van der Waals surface area (Å²) in [6, 6.07) is 0.0589. The number of nitrogen functional groups attached to an aromatic ring is 1. The third kappa shape index (κ3) is 2.45. The van der Waals surface area contributed by atoms with Crippen LogP contribution in [0, 0.1) is 6.92 Å². The number of morpholine rings is 1. The summed E-state index contributed by atoms with van der Waals surface area (Å²) in [5, 5.41) is 4.30. The van der Waals surface area contributed by atoms with Crippen LogP contribution in [0.15, 0.2) is 0 Å². The highest BCUT2D eigenvalue weighted by molar-refractivity contribution is 5.98. The molecular formula is C13H22N4O2. The van der Waals surface area contributed by atoms with Crippen LogP contribution in [0.3, 0.4) is 0 Å². The molecule has 2 N–H and O–H groups in total. The van der Waals surface area contributed by atoms with Gasteiger partial charge in [-0.05, 0) is 27.7 Å². The molecule has 0 saturated carbocycles. The minimum absolute atomic E-state index is 0.0531. The summed E-state index contributed by atoms with van der Waals surface area (Å²) in [6.07, 6.45) is 0.0560. The van der Waals surface area contributed by atoms with Crippen LogP contribution in [-0.2, 0) is 11.3 Å². The molecule has 0 spiro atoms. The van der Waals surface area contributed by atoms with Crippen LogP contribution in [0.5, 0.6) is 0 Å². The van der Waals surface area contributed by atoms with E-state index in [1.165, 1.54) is 0 Å². The van der Waals surface area contributed by atoms with Gasteiger partial charge in [0.2, 0.25) is 0 Å². The first-order valence-electron chi connectivity index (χ1n) is 6.71. The molecule has 0 radical (unpaired) electrons. The average molecular weight is 266 g/mol. The molecule has 1 aliphatic heterocycles. The molecule has 2 atom stereocenters. The number of hydrogen-bond acceptors (Lipinski definition) is 4. The van der Waals surface area contributed by atoms with E-state index in [0.29, 0.717) is 36.8 Å². The van der Waals surface area contributed by atoms with Crippen molar-refractivity contribution in [3.63, 3.8) is 0 Å². The first-order valence-corrected chi connectivity index (χ1v) is 6.71. The van der Waals surface area contributed by atoms with E-state index in [-0.39, 0.29) is 18.1 Å². The molecule has 1 aromatic heterocycles. The van der Waals surface area contributed by atoms with E-state index in [2.05, 4.69) is 5.10 Å². The average Bonchev–Trinajstić information content (AvgIpc) is 2.67. The van der Waals surface area contributed by atoms with Crippen molar-refractivity contribution in [2.45, 2.75) is 46.4 Å². The normalized spacial score (nSPS) is 23.7. The molecule has 19 heavy (non-hydrogen) atoms. The van der Waals surface area contributed by atoms with E-state index in [1.807, 2.05) is 32.6 Å². The van der Waals surface area contributed by atoms with Gasteiger partial charge < -0.3 is 15.4 Å². The fraction of sp³-hybridized carbons (Fsp3) is 0.692. The third-order valence-electron chi connectivity index (χ3n) is 3.54. The van der Waals surface area contributed by atoms with Crippen molar-refractivity contribution in [3.05, 3.63) is 11.4 Å². The van der Waals surface area contributed by atoms with Crippen LogP contribution in [0.4, 0.5) is 5.69 Å². The summed E-state index contributed by atoms with van der Waals surface area (Å²) in [6.45, 7) is 9.52. The highest BCUT2D eigenvalue weighted by atomic mass is 16.5. The highest BCUT2D eigenvalue weighted by Crippen LogP contribution is 2.21. The zero-order valence-electron chi connectivity index (χ0n) is 12.0. The van der Waals surface area contributed by atoms with Gasteiger partial charge in [-0.25, -0.2) is 0 Å². The van der Waals surface area contributed by atoms with E-state index >= 15 is 0 Å². The number of rotatable bonds is 2. The van der Waals surface area contributed by atoms with Gasteiger partial charge in [0.1, 0.15) is 5.69 Å². The third-order valence-corrected chi connectivity index (χ3v) is 3.54. The highest BCUT2D eigenvalue weighted by Gasteiger charge is 2.31. The monoisotopic (exact) mass is 266 g/mol.